The van der Waals surface area contributed by atoms with E-state index >= 15 is 0 Å². The third kappa shape index (κ3) is 10.5. The summed E-state index contributed by atoms with van der Waals surface area (Å²) in [5.41, 5.74) is 0. The molecule has 2 aliphatic carbocycles. The van der Waals surface area contributed by atoms with Crippen LogP contribution in [0.5, 0.6) is 0 Å². The van der Waals surface area contributed by atoms with Crippen molar-refractivity contribution in [2.75, 3.05) is 38.8 Å². The van der Waals surface area contributed by atoms with E-state index in [1.165, 1.54) is 38.5 Å². The minimum Gasteiger partial charge on any atom is -0.309 e. The highest BCUT2D eigenvalue weighted by Gasteiger charge is 2.36. The zero-order valence-corrected chi connectivity index (χ0v) is 25.9. The lowest BCUT2D eigenvalue weighted by Gasteiger charge is -2.39. The second kappa shape index (κ2) is 16.4. The van der Waals surface area contributed by atoms with Crippen molar-refractivity contribution in [2.45, 2.75) is 106 Å². The standard InChI is InChI=1S/C28H56O6P2/c1-7-26(28-14-12-13-25(20-28)22-36(30,33-10-4)34-11-5)19-23(6)27-17-15-24(16-18-27)21-35(29,31-8-2)32-9-3/h23-28H,7-22H2,1-6H3. The Bertz CT molecular complexity index is 674. The average Bonchev–Trinajstić information content (AvgIpc) is 2.83. The summed E-state index contributed by atoms with van der Waals surface area (Å²) in [6, 6.07) is 0. The number of hydrogen-bond acceptors (Lipinski definition) is 6. The second-order valence-corrected chi connectivity index (χ2v) is 15.4. The Morgan fingerprint density at radius 2 is 1.17 bits per heavy atom. The predicted octanol–water partition coefficient (Wildman–Crippen LogP) is 9.18. The van der Waals surface area contributed by atoms with Gasteiger partial charge in [-0.05, 0) is 108 Å². The van der Waals surface area contributed by atoms with Gasteiger partial charge in [-0.25, -0.2) is 0 Å². The number of hydrogen-bond donors (Lipinski definition) is 0. The van der Waals surface area contributed by atoms with Gasteiger partial charge in [0.05, 0.1) is 38.8 Å². The molecule has 214 valence electrons. The van der Waals surface area contributed by atoms with E-state index < -0.39 is 15.2 Å². The first kappa shape index (κ1) is 32.5. The normalized spacial score (nSPS) is 27.6. The van der Waals surface area contributed by atoms with Crippen molar-refractivity contribution in [2.24, 2.45) is 35.5 Å². The molecule has 36 heavy (non-hydrogen) atoms. The van der Waals surface area contributed by atoms with Crippen molar-refractivity contribution >= 4 is 15.2 Å². The lowest BCUT2D eigenvalue weighted by molar-refractivity contribution is 0.135. The zero-order valence-electron chi connectivity index (χ0n) is 24.1. The highest BCUT2D eigenvalue weighted by atomic mass is 31.2. The topological polar surface area (TPSA) is 71.1 Å². The Morgan fingerprint density at radius 1 is 0.667 bits per heavy atom. The van der Waals surface area contributed by atoms with Crippen LogP contribution >= 0.6 is 15.2 Å². The molecule has 0 bridgehead atoms. The molecule has 0 spiro atoms. The quantitative estimate of drug-likeness (QED) is 0.168. The Kier molecular flexibility index (Phi) is 14.8. The molecule has 2 aliphatic rings. The van der Waals surface area contributed by atoms with E-state index in [1.54, 1.807) is 0 Å². The third-order valence-corrected chi connectivity index (χ3v) is 13.2. The molecule has 0 saturated heterocycles. The maximum absolute atomic E-state index is 13.1. The largest absolute Gasteiger partial charge is 0.330 e. The molecule has 0 aromatic rings. The molecule has 0 amide bonds. The van der Waals surface area contributed by atoms with Crippen molar-refractivity contribution in [1.29, 1.82) is 0 Å². The predicted molar refractivity (Wildman–Crippen MR) is 150 cm³/mol. The Hall–Kier alpha value is 0.300. The van der Waals surface area contributed by atoms with Crippen LogP contribution in [0.2, 0.25) is 0 Å². The van der Waals surface area contributed by atoms with Gasteiger partial charge in [0, 0.05) is 0 Å². The Morgan fingerprint density at radius 3 is 1.64 bits per heavy atom. The summed E-state index contributed by atoms with van der Waals surface area (Å²) in [5, 5.41) is 0. The minimum atomic E-state index is -2.97. The molecular weight excluding hydrogens is 494 g/mol. The first-order chi connectivity index (χ1) is 17.2. The van der Waals surface area contributed by atoms with E-state index in [4.69, 9.17) is 18.1 Å². The molecule has 2 fully saturated rings. The van der Waals surface area contributed by atoms with Crippen molar-refractivity contribution in [3.8, 4) is 0 Å². The van der Waals surface area contributed by atoms with E-state index in [2.05, 4.69) is 13.8 Å². The molecule has 0 aromatic heterocycles. The van der Waals surface area contributed by atoms with Gasteiger partial charge in [0.1, 0.15) is 0 Å². The van der Waals surface area contributed by atoms with Gasteiger partial charge in [-0.3, -0.25) is 9.13 Å². The molecule has 4 unspecified atom stereocenters. The van der Waals surface area contributed by atoms with Crippen molar-refractivity contribution in [3.63, 3.8) is 0 Å². The van der Waals surface area contributed by atoms with Crippen LogP contribution in [0.3, 0.4) is 0 Å². The molecule has 0 heterocycles. The van der Waals surface area contributed by atoms with Gasteiger partial charge < -0.3 is 18.1 Å². The van der Waals surface area contributed by atoms with Crippen LogP contribution in [0.25, 0.3) is 0 Å². The lowest BCUT2D eigenvalue weighted by atomic mass is 9.68. The molecular formula is C28H56O6P2. The minimum absolute atomic E-state index is 0.443. The van der Waals surface area contributed by atoms with Gasteiger partial charge in [0.25, 0.3) is 0 Å². The molecule has 0 aliphatic heterocycles. The summed E-state index contributed by atoms with van der Waals surface area (Å²) in [4.78, 5) is 0. The molecule has 2 rings (SSSR count). The highest BCUT2D eigenvalue weighted by Crippen LogP contribution is 2.54. The second-order valence-electron chi connectivity index (χ2n) is 11.2. The molecule has 0 aromatic carbocycles. The number of rotatable bonds is 17. The highest BCUT2D eigenvalue weighted by molar-refractivity contribution is 7.54. The van der Waals surface area contributed by atoms with Gasteiger partial charge >= 0.3 is 15.2 Å². The Balaban J connectivity index is 1.87. The summed E-state index contributed by atoms with van der Waals surface area (Å²) < 4.78 is 48.4. The molecule has 2 saturated carbocycles. The SMILES string of the molecule is CCOP(=O)(CC1CCC(C(C)CC(CC)C2CCCC(CP(=O)(OCC)OCC)C2)CC1)OCC. The fourth-order valence-electron chi connectivity index (χ4n) is 6.93. The van der Waals surface area contributed by atoms with Crippen LogP contribution in [0.1, 0.15) is 106 Å². The fraction of sp³-hybridized carbons (Fsp3) is 1.00. The van der Waals surface area contributed by atoms with E-state index in [0.717, 1.165) is 37.5 Å². The van der Waals surface area contributed by atoms with Crippen molar-refractivity contribution < 1.29 is 27.2 Å². The van der Waals surface area contributed by atoms with E-state index in [0.29, 0.717) is 62.4 Å². The summed E-state index contributed by atoms with van der Waals surface area (Å²) in [6.45, 7) is 14.2. The van der Waals surface area contributed by atoms with Gasteiger partial charge in [-0.15, -0.1) is 0 Å². The molecule has 0 N–H and O–H groups in total. The van der Waals surface area contributed by atoms with Crippen LogP contribution in [0, 0.1) is 35.5 Å². The molecule has 8 heteroatoms. The van der Waals surface area contributed by atoms with E-state index in [1.807, 2.05) is 27.7 Å². The summed E-state index contributed by atoms with van der Waals surface area (Å²) >= 11 is 0. The summed E-state index contributed by atoms with van der Waals surface area (Å²) in [5.74, 6) is 3.80. The summed E-state index contributed by atoms with van der Waals surface area (Å²) in [6.07, 6.45) is 13.2. The van der Waals surface area contributed by atoms with Crippen LogP contribution < -0.4 is 0 Å². The van der Waals surface area contributed by atoms with E-state index in [9.17, 15) is 9.13 Å². The van der Waals surface area contributed by atoms with Crippen LogP contribution in [-0.2, 0) is 27.2 Å². The third-order valence-electron chi connectivity index (χ3n) is 8.65. The fourth-order valence-corrected chi connectivity index (χ4v) is 11.0. The first-order valence-electron chi connectivity index (χ1n) is 15.0. The van der Waals surface area contributed by atoms with E-state index in [-0.39, 0.29) is 0 Å². The van der Waals surface area contributed by atoms with Crippen LogP contribution in [-0.4, -0.2) is 38.8 Å². The average molecular weight is 551 g/mol. The van der Waals surface area contributed by atoms with Gasteiger partial charge in [-0.1, -0.05) is 33.1 Å². The zero-order chi connectivity index (χ0) is 26.6. The summed E-state index contributed by atoms with van der Waals surface area (Å²) in [7, 11) is -5.92. The smallest absolute Gasteiger partial charge is 0.309 e. The van der Waals surface area contributed by atoms with Crippen LogP contribution in [0.15, 0.2) is 0 Å². The maximum atomic E-state index is 13.1. The maximum Gasteiger partial charge on any atom is 0.330 e. The molecule has 0 radical (unpaired) electrons. The van der Waals surface area contributed by atoms with Gasteiger partial charge in [0.2, 0.25) is 0 Å². The van der Waals surface area contributed by atoms with Crippen molar-refractivity contribution in [1.82, 2.24) is 0 Å². The molecule has 6 nitrogen and oxygen atoms in total. The lowest BCUT2D eigenvalue weighted by Crippen LogP contribution is -2.28. The first-order valence-corrected chi connectivity index (χ1v) is 18.4. The van der Waals surface area contributed by atoms with Crippen molar-refractivity contribution in [3.05, 3.63) is 0 Å². The van der Waals surface area contributed by atoms with Crippen LogP contribution in [0.4, 0.5) is 0 Å². The van der Waals surface area contributed by atoms with Gasteiger partial charge in [-0.2, -0.15) is 0 Å². The molecule has 4 atom stereocenters. The van der Waals surface area contributed by atoms with Gasteiger partial charge in [0.15, 0.2) is 0 Å². The monoisotopic (exact) mass is 550 g/mol. The Labute approximate surface area is 222 Å².